The van der Waals surface area contributed by atoms with Crippen LogP contribution in [0.15, 0.2) is 18.3 Å². The lowest BCUT2D eigenvalue weighted by atomic mass is 10.2. The molecule has 0 bridgehead atoms. The maximum Gasteiger partial charge on any atom is 0.0372 e. The van der Waals surface area contributed by atoms with Crippen LogP contribution in [0.2, 0.25) is 0 Å². The number of nitrogens with zero attached hydrogens (tertiary/aromatic N) is 2. The Balaban J connectivity index is 0.00000128. The van der Waals surface area contributed by atoms with Gasteiger partial charge in [0, 0.05) is 37.6 Å². The zero-order chi connectivity index (χ0) is 10.7. The van der Waals surface area contributed by atoms with Crippen molar-refractivity contribution in [3.63, 3.8) is 0 Å². The molecule has 16 heavy (non-hydrogen) atoms. The molecule has 0 spiro atoms. The largest absolute Gasteiger partial charge is 0.316 e. The fourth-order valence-electron chi connectivity index (χ4n) is 2.06. The first-order valence-corrected chi connectivity index (χ1v) is 5.59. The number of aryl methyl sites for hydroxylation is 1. The van der Waals surface area contributed by atoms with Crippen LogP contribution in [0.4, 0.5) is 0 Å². The highest BCUT2D eigenvalue weighted by atomic mass is 35.5. The summed E-state index contributed by atoms with van der Waals surface area (Å²) < 4.78 is 0. The first kappa shape index (κ1) is 13.4. The smallest absolute Gasteiger partial charge is 0.0372 e. The molecule has 1 fully saturated rings. The van der Waals surface area contributed by atoms with Gasteiger partial charge in [0.25, 0.3) is 0 Å². The summed E-state index contributed by atoms with van der Waals surface area (Å²) in [6.07, 6.45) is 3.25. The van der Waals surface area contributed by atoms with Crippen LogP contribution in [0.3, 0.4) is 0 Å². The van der Waals surface area contributed by atoms with Crippen molar-refractivity contribution in [2.45, 2.75) is 25.9 Å². The van der Waals surface area contributed by atoms with Crippen molar-refractivity contribution >= 4 is 12.4 Å². The average molecular weight is 242 g/mol. The summed E-state index contributed by atoms with van der Waals surface area (Å²) in [4.78, 5) is 6.80. The Morgan fingerprint density at radius 3 is 2.88 bits per heavy atom. The molecule has 1 atom stereocenters. The van der Waals surface area contributed by atoms with E-state index < -0.39 is 0 Å². The molecule has 1 aromatic rings. The molecule has 0 aliphatic carbocycles. The van der Waals surface area contributed by atoms with E-state index in [1.165, 1.54) is 18.5 Å². The van der Waals surface area contributed by atoms with E-state index in [0.717, 1.165) is 18.8 Å². The van der Waals surface area contributed by atoms with Gasteiger partial charge in [0.2, 0.25) is 0 Å². The second-order valence-corrected chi connectivity index (χ2v) is 4.32. The summed E-state index contributed by atoms with van der Waals surface area (Å²) in [6, 6.07) is 4.93. The third kappa shape index (κ3) is 3.44. The summed E-state index contributed by atoms with van der Waals surface area (Å²) in [5, 5.41) is 3.33. The number of likely N-dealkylation sites (N-methyl/N-ethyl adjacent to an activating group) is 1. The first-order chi connectivity index (χ1) is 7.28. The Hall–Kier alpha value is -0.640. The molecule has 0 aromatic carbocycles. The van der Waals surface area contributed by atoms with Crippen molar-refractivity contribution in [2.75, 3.05) is 20.1 Å². The Labute approximate surface area is 104 Å². The van der Waals surface area contributed by atoms with Crippen molar-refractivity contribution in [3.05, 3.63) is 29.6 Å². The zero-order valence-electron chi connectivity index (χ0n) is 9.94. The van der Waals surface area contributed by atoms with Crippen molar-refractivity contribution in [1.29, 1.82) is 0 Å². The molecule has 0 radical (unpaired) electrons. The summed E-state index contributed by atoms with van der Waals surface area (Å²) in [5.41, 5.74) is 2.41. The third-order valence-electron chi connectivity index (χ3n) is 3.06. The van der Waals surface area contributed by atoms with Gasteiger partial charge in [-0.05, 0) is 32.0 Å². The standard InChI is InChI=1S/C12H19N3.ClH/c1-10-3-4-11(7-14-10)8-15-6-5-12(9-15)13-2;/h3-4,7,12-13H,5-6,8-9H2,1-2H3;1H. The first-order valence-electron chi connectivity index (χ1n) is 5.59. The highest BCUT2D eigenvalue weighted by Gasteiger charge is 2.20. The maximum atomic E-state index is 4.32. The summed E-state index contributed by atoms with van der Waals surface area (Å²) in [6.45, 7) is 5.41. The van der Waals surface area contributed by atoms with Crippen LogP contribution >= 0.6 is 12.4 Å². The molecular formula is C12H20ClN3. The summed E-state index contributed by atoms with van der Waals surface area (Å²) >= 11 is 0. The number of halogens is 1. The minimum absolute atomic E-state index is 0. The second-order valence-electron chi connectivity index (χ2n) is 4.32. The van der Waals surface area contributed by atoms with Crippen LogP contribution < -0.4 is 5.32 Å². The highest BCUT2D eigenvalue weighted by molar-refractivity contribution is 5.85. The highest BCUT2D eigenvalue weighted by Crippen LogP contribution is 2.12. The number of likely N-dealkylation sites (tertiary alicyclic amines) is 1. The summed E-state index contributed by atoms with van der Waals surface area (Å²) in [5.74, 6) is 0. The summed E-state index contributed by atoms with van der Waals surface area (Å²) in [7, 11) is 2.04. The number of nitrogens with one attached hydrogen (secondary N) is 1. The van der Waals surface area contributed by atoms with E-state index in [1.54, 1.807) is 0 Å². The van der Waals surface area contributed by atoms with Gasteiger partial charge >= 0.3 is 0 Å². The lowest BCUT2D eigenvalue weighted by molar-refractivity contribution is 0.322. The monoisotopic (exact) mass is 241 g/mol. The van der Waals surface area contributed by atoms with Crippen LogP contribution in [0, 0.1) is 6.92 Å². The molecule has 1 saturated heterocycles. The predicted octanol–water partition coefficient (Wildman–Crippen LogP) is 1.61. The number of pyridine rings is 1. The molecule has 1 aliphatic rings. The minimum Gasteiger partial charge on any atom is -0.316 e. The molecule has 1 aromatic heterocycles. The maximum absolute atomic E-state index is 4.32. The van der Waals surface area contributed by atoms with Gasteiger partial charge in [0.1, 0.15) is 0 Å². The van der Waals surface area contributed by atoms with E-state index in [4.69, 9.17) is 0 Å². The van der Waals surface area contributed by atoms with Gasteiger partial charge < -0.3 is 5.32 Å². The van der Waals surface area contributed by atoms with E-state index >= 15 is 0 Å². The van der Waals surface area contributed by atoms with Gasteiger partial charge in [-0.25, -0.2) is 0 Å². The Morgan fingerprint density at radius 1 is 1.50 bits per heavy atom. The normalized spacial score (nSPS) is 20.8. The molecule has 4 heteroatoms. The van der Waals surface area contributed by atoms with Gasteiger partial charge in [-0.3, -0.25) is 9.88 Å². The van der Waals surface area contributed by atoms with Gasteiger partial charge in [-0.2, -0.15) is 0 Å². The van der Waals surface area contributed by atoms with Crippen LogP contribution in [-0.2, 0) is 6.54 Å². The lowest BCUT2D eigenvalue weighted by Crippen LogP contribution is -2.29. The topological polar surface area (TPSA) is 28.2 Å². The molecule has 1 aliphatic heterocycles. The molecule has 0 amide bonds. The van der Waals surface area contributed by atoms with Crippen molar-refractivity contribution in [1.82, 2.24) is 15.2 Å². The molecule has 0 saturated carbocycles. The van der Waals surface area contributed by atoms with Crippen LogP contribution in [-0.4, -0.2) is 36.1 Å². The minimum atomic E-state index is 0. The second kappa shape index (κ2) is 6.18. The number of rotatable bonds is 3. The molecule has 90 valence electrons. The van der Waals surface area contributed by atoms with Gasteiger partial charge in [0.05, 0.1) is 0 Å². The van der Waals surface area contributed by atoms with E-state index in [0.29, 0.717) is 6.04 Å². The van der Waals surface area contributed by atoms with E-state index in [2.05, 4.69) is 27.3 Å². The SMILES string of the molecule is CNC1CCN(Cc2ccc(C)nc2)C1.Cl. The number of hydrogen-bond donors (Lipinski definition) is 1. The van der Waals surface area contributed by atoms with Crippen molar-refractivity contribution in [2.24, 2.45) is 0 Å². The Morgan fingerprint density at radius 2 is 2.31 bits per heavy atom. The third-order valence-corrected chi connectivity index (χ3v) is 3.06. The molecule has 1 N–H and O–H groups in total. The molecule has 1 unspecified atom stereocenters. The zero-order valence-corrected chi connectivity index (χ0v) is 10.8. The predicted molar refractivity (Wildman–Crippen MR) is 69.0 cm³/mol. The van der Waals surface area contributed by atoms with Crippen LogP contribution in [0.1, 0.15) is 17.7 Å². The van der Waals surface area contributed by atoms with E-state index in [-0.39, 0.29) is 12.4 Å². The van der Waals surface area contributed by atoms with Crippen molar-refractivity contribution < 1.29 is 0 Å². The fraction of sp³-hybridized carbons (Fsp3) is 0.583. The van der Waals surface area contributed by atoms with Crippen LogP contribution in [0.5, 0.6) is 0 Å². The molecule has 2 heterocycles. The lowest BCUT2D eigenvalue weighted by Gasteiger charge is -2.15. The van der Waals surface area contributed by atoms with E-state index in [1.807, 2.05) is 20.2 Å². The fourth-order valence-corrected chi connectivity index (χ4v) is 2.06. The molecular weight excluding hydrogens is 222 g/mol. The van der Waals surface area contributed by atoms with Crippen molar-refractivity contribution in [3.8, 4) is 0 Å². The average Bonchev–Trinajstić information content (AvgIpc) is 2.69. The Bertz CT molecular complexity index is 313. The molecule has 2 rings (SSSR count). The van der Waals surface area contributed by atoms with Crippen LogP contribution in [0.25, 0.3) is 0 Å². The van der Waals surface area contributed by atoms with Gasteiger partial charge in [-0.1, -0.05) is 6.07 Å². The molecule has 3 nitrogen and oxygen atoms in total. The van der Waals surface area contributed by atoms with Gasteiger partial charge in [-0.15, -0.1) is 12.4 Å². The van der Waals surface area contributed by atoms with E-state index in [9.17, 15) is 0 Å². The number of hydrogen-bond acceptors (Lipinski definition) is 3. The number of aromatic nitrogens is 1. The quantitative estimate of drug-likeness (QED) is 0.872. The Kier molecular flexibility index (Phi) is 5.19. The van der Waals surface area contributed by atoms with Gasteiger partial charge in [0.15, 0.2) is 0 Å².